The molecule has 16 heavy (non-hydrogen) atoms. The van der Waals surface area contributed by atoms with Crippen LogP contribution in [0.2, 0.25) is 0 Å². The summed E-state index contributed by atoms with van der Waals surface area (Å²) in [6, 6.07) is 9.56. The number of rotatable bonds is 5. The van der Waals surface area contributed by atoms with Gasteiger partial charge in [0.25, 0.3) is 0 Å². The van der Waals surface area contributed by atoms with Gasteiger partial charge < -0.3 is 15.9 Å². The maximum atomic E-state index is 10.8. The molecule has 0 aliphatic rings. The second-order valence-electron chi connectivity index (χ2n) is 3.43. The highest BCUT2D eigenvalue weighted by atomic mass is 16.3. The average molecular weight is 221 g/mol. The number of aliphatic hydroxyl groups excluding tert-OH is 2. The molecule has 0 fully saturated rings. The molecule has 0 heterocycles. The minimum Gasteiger partial charge on any atom is -0.512 e. The van der Waals surface area contributed by atoms with Crippen LogP contribution < -0.4 is 5.73 Å². The molecule has 0 radical (unpaired) electrons. The standard InChI is InChI=1S/C12H15NO3/c13-12(16)10(8-14)11(15)7-6-9-4-2-1-3-5-9/h1-5,14-15H,6-8H2,(H2,13,16). The van der Waals surface area contributed by atoms with E-state index in [0.29, 0.717) is 12.8 Å². The predicted octanol–water partition coefficient (Wildman–Crippen LogP) is 0.909. The van der Waals surface area contributed by atoms with Gasteiger partial charge in [0, 0.05) is 6.42 Å². The Balaban J connectivity index is 2.65. The minimum absolute atomic E-state index is 0.115. The van der Waals surface area contributed by atoms with Crippen molar-refractivity contribution in [2.75, 3.05) is 6.61 Å². The van der Waals surface area contributed by atoms with Crippen LogP contribution in [0.5, 0.6) is 0 Å². The molecule has 0 unspecified atom stereocenters. The molecule has 4 heteroatoms. The molecule has 0 bridgehead atoms. The molecule has 0 aliphatic heterocycles. The van der Waals surface area contributed by atoms with Gasteiger partial charge in [-0.1, -0.05) is 30.3 Å². The first kappa shape index (κ1) is 12.3. The van der Waals surface area contributed by atoms with Crippen molar-refractivity contribution in [3.63, 3.8) is 0 Å². The summed E-state index contributed by atoms with van der Waals surface area (Å²) in [5.41, 5.74) is 5.94. The monoisotopic (exact) mass is 221 g/mol. The Morgan fingerprint density at radius 1 is 1.25 bits per heavy atom. The normalized spacial score (nSPS) is 12.1. The third-order valence-corrected chi connectivity index (χ3v) is 2.30. The molecule has 4 N–H and O–H groups in total. The molecule has 86 valence electrons. The lowest BCUT2D eigenvalue weighted by Gasteiger charge is -2.05. The number of allylic oxidation sites excluding steroid dienone is 1. The van der Waals surface area contributed by atoms with E-state index in [4.69, 9.17) is 10.8 Å². The molecule has 0 aromatic heterocycles. The van der Waals surface area contributed by atoms with Crippen molar-refractivity contribution >= 4 is 5.91 Å². The summed E-state index contributed by atoms with van der Waals surface area (Å²) in [5.74, 6) is -0.924. The molecule has 4 nitrogen and oxygen atoms in total. The Morgan fingerprint density at radius 3 is 2.38 bits per heavy atom. The Morgan fingerprint density at radius 2 is 1.88 bits per heavy atom. The van der Waals surface area contributed by atoms with Crippen LogP contribution in [0.25, 0.3) is 0 Å². The van der Waals surface area contributed by atoms with Crippen LogP contribution in [0, 0.1) is 0 Å². The number of primary amides is 1. The second kappa shape index (κ2) is 5.92. The van der Waals surface area contributed by atoms with Crippen molar-refractivity contribution in [3.05, 3.63) is 47.2 Å². The first-order chi connectivity index (χ1) is 7.65. The van der Waals surface area contributed by atoms with Gasteiger partial charge in [0.2, 0.25) is 5.91 Å². The van der Waals surface area contributed by atoms with E-state index in [9.17, 15) is 9.90 Å². The van der Waals surface area contributed by atoms with Gasteiger partial charge in [-0.2, -0.15) is 0 Å². The van der Waals surface area contributed by atoms with E-state index in [-0.39, 0.29) is 11.3 Å². The van der Waals surface area contributed by atoms with E-state index < -0.39 is 12.5 Å². The largest absolute Gasteiger partial charge is 0.512 e. The summed E-state index contributed by atoms with van der Waals surface area (Å²) in [4.78, 5) is 10.8. The lowest BCUT2D eigenvalue weighted by molar-refractivity contribution is -0.115. The molecule has 0 saturated carbocycles. The number of carbonyl (C=O) groups excluding carboxylic acids is 1. The van der Waals surface area contributed by atoms with Crippen molar-refractivity contribution in [2.24, 2.45) is 5.73 Å². The second-order valence-corrected chi connectivity index (χ2v) is 3.43. The summed E-state index contributed by atoms with van der Waals surface area (Å²) in [6.07, 6.45) is 0.895. The van der Waals surface area contributed by atoms with Crippen LogP contribution in [-0.4, -0.2) is 22.7 Å². The van der Waals surface area contributed by atoms with Gasteiger partial charge in [-0.15, -0.1) is 0 Å². The summed E-state index contributed by atoms with van der Waals surface area (Å²) >= 11 is 0. The summed E-state index contributed by atoms with van der Waals surface area (Å²) < 4.78 is 0. The number of aliphatic hydroxyl groups is 2. The molecule has 0 aliphatic carbocycles. The SMILES string of the molecule is NC(=O)C(CO)=C(O)CCc1ccccc1. The Bertz CT molecular complexity index is 385. The van der Waals surface area contributed by atoms with Crippen LogP contribution in [-0.2, 0) is 11.2 Å². The molecule has 1 amide bonds. The van der Waals surface area contributed by atoms with Crippen LogP contribution in [0.1, 0.15) is 12.0 Å². The molecular weight excluding hydrogens is 206 g/mol. The maximum absolute atomic E-state index is 10.8. The minimum atomic E-state index is -0.784. The van der Waals surface area contributed by atoms with E-state index in [1.54, 1.807) is 0 Å². The number of carbonyl (C=O) groups is 1. The van der Waals surface area contributed by atoms with Crippen molar-refractivity contribution in [3.8, 4) is 0 Å². The molecular formula is C12H15NO3. The first-order valence-corrected chi connectivity index (χ1v) is 5.00. The number of amides is 1. The van der Waals surface area contributed by atoms with Gasteiger partial charge in [0.15, 0.2) is 0 Å². The van der Waals surface area contributed by atoms with Gasteiger partial charge in [-0.3, -0.25) is 4.79 Å². The first-order valence-electron chi connectivity index (χ1n) is 5.00. The van der Waals surface area contributed by atoms with Gasteiger partial charge >= 0.3 is 0 Å². The number of aryl methyl sites for hydroxylation is 1. The molecule has 0 saturated heterocycles. The maximum Gasteiger partial charge on any atom is 0.250 e. The number of hydrogen-bond donors (Lipinski definition) is 3. The summed E-state index contributed by atoms with van der Waals surface area (Å²) in [6.45, 7) is -0.532. The third kappa shape index (κ3) is 3.40. The van der Waals surface area contributed by atoms with Crippen LogP contribution in [0.4, 0.5) is 0 Å². The fourth-order valence-electron chi connectivity index (χ4n) is 1.37. The van der Waals surface area contributed by atoms with E-state index in [1.807, 2.05) is 30.3 Å². The van der Waals surface area contributed by atoms with Crippen LogP contribution in [0.3, 0.4) is 0 Å². The Labute approximate surface area is 94.0 Å². The van der Waals surface area contributed by atoms with Crippen molar-refractivity contribution < 1.29 is 15.0 Å². The van der Waals surface area contributed by atoms with Crippen molar-refractivity contribution in [1.29, 1.82) is 0 Å². The lowest BCUT2D eigenvalue weighted by Crippen LogP contribution is -2.18. The zero-order chi connectivity index (χ0) is 12.0. The Kier molecular flexibility index (Phi) is 4.54. The predicted molar refractivity (Wildman–Crippen MR) is 60.7 cm³/mol. The van der Waals surface area contributed by atoms with E-state index >= 15 is 0 Å². The fraction of sp³-hybridized carbons (Fsp3) is 0.250. The van der Waals surface area contributed by atoms with E-state index in [1.165, 1.54) is 0 Å². The molecule has 0 spiro atoms. The quantitative estimate of drug-likeness (QED) is 0.510. The highest BCUT2D eigenvalue weighted by Gasteiger charge is 2.10. The third-order valence-electron chi connectivity index (χ3n) is 2.30. The van der Waals surface area contributed by atoms with Gasteiger partial charge in [0.05, 0.1) is 12.2 Å². The smallest absolute Gasteiger partial charge is 0.250 e. The van der Waals surface area contributed by atoms with Gasteiger partial charge in [-0.25, -0.2) is 0 Å². The van der Waals surface area contributed by atoms with Gasteiger partial charge in [-0.05, 0) is 12.0 Å². The highest BCUT2D eigenvalue weighted by molar-refractivity contribution is 5.92. The molecule has 1 aromatic rings. The van der Waals surface area contributed by atoms with E-state index in [0.717, 1.165) is 5.56 Å². The zero-order valence-electron chi connectivity index (χ0n) is 8.89. The van der Waals surface area contributed by atoms with Crippen molar-refractivity contribution in [2.45, 2.75) is 12.8 Å². The van der Waals surface area contributed by atoms with E-state index in [2.05, 4.69) is 0 Å². The summed E-state index contributed by atoms with van der Waals surface area (Å²) in [5, 5.41) is 18.4. The number of benzene rings is 1. The van der Waals surface area contributed by atoms with Crippen LogP contribution in [0.15, 0.2) is 41.7 Å². The number of nitrogens with two attached hydrogens (primary N) is 1. The summed E-state index contributed by atoms with van der Waals surface area (Å²) in [7, 11) is 0. The van der Waals surface area contributed by atoms with Crippen molar-refractivity contribution in [1.82, 2.24) is 0 Å². The Hall–Kier alpha value is -1.81. The van der Waals surface area contributed by atoms with Gasteiger partial charge in [0.1, 0.15) is 5.76 Å². The highest BCUT2D eigenvalue weighted by Crippen LogP contribution is 2.10. The molecule has 1 rings (SSSR count). The zero-order valence-corrected chi connectivity index (χ0v) is 8.89. The fourth-order valence-corrected chi connectivity index (χ4v) is 1.37. The average Bonchev–Trinajstić information content (AvgIpc) is 2.28. The van der Waals surface area contributed by atoms with Crippen LogP contribution >= 0.6 is 0 Å². The lowest BCUT2D eigenvalue weighted by atomic mass is 10.1. The number of hydrogen-bond acceptors (Lipinski definition) is 3. The topological polar surface area (TPSA) is 83.6 Å². The molecule has 0 atom stereocenters. The molecule has 1 aromatic carbocycles.